The second kappa shape index (κ2) is 4.27. The quantitative estimate of drug-likeness (QED) is 0.305. The first-order valence-electron chi connectivity index (χ1n) is 2.54. The fourth-order valence-corrected chi connectivity index (χ4v) is 0.683. The molecule has 0 heterocycles. The number of methoxy groups -OCH3 is 1. The van der Waals surface area contributed by atoms with Gasteiger partial charge >= 0.3 is 5.97 Å². The topological polar surface area (TPSA) is 92.7 Å². The van der Waals surface area contributed by atoms with Crippen molar-refractivity contribution in [2.45, 2.75) is 0 Å². The van der Waals surface area contributed by atoms with Crippen molar-refractivity contribution in [1.29, 1.82) is 0 Å². The SMILES string of the molecule is COCOC(=O)CS(=O)(=O)[O-]. The molecule has 0 aromatic rings. The summed E-state index contributed by atoms with van der Waals surface area (Å²) in [4.78, 5) is 10.3. The predicted molar refractivity (Wildman–Crippen MR) is 32.5 cm³/mol. The van der Waals surface area contributed by atoms with Crippen LogP contribution in [0.3, 0.4) is 0 Å². The van der Waals surface area contributed by atoms with Gasteiger partial charge in [-0.1, -0.05) is 0 Å². The van der Waals surface area contributed by atoms with E-state index in [2.05, 4.69) is 9.47 Å². The van der Waals surface area contributed by atoms with Crippen molar-refractivity contribution in [3.63, 3.8) is 0 Å². The van der Waals surface area contributed by atoms with E-state index in [4.69, 9.17) is 0 Å². The molecule has 0 aliphatic carbocycles. The smallest absolute Gasteiger partial charge is 0.322 e. The summed E-state index contributed by atoms with van der Waals surface area (Å²) < 4.78 is 38.1. The highest BCUT2D eigenvalue weighted by molar-refractivity contribution is 7.86. The summed E-state index contributed by atoms with van der Waals surface area (Å²) in [6.07, 6.45) is 0. The molecule has 0 rings (SSSR count). The van der Waals surface area contributed by atoms with E-state index in [0.717, 1.165) is 0 Å². The highest BCUT2D eigenvalue weighted by Crippen LogP contribution is 1.85. The van der Waals surface area contributed by atoms with E-state index in [9.17, 15) is 17.8 Å². The Balaban J connectivity index is 3.71. The summed E-state index contributed by atoms with van der Waals surface area (Å²) in [5, 5.41) is 0. The van der Waals surface area contributed by atoms with Gasteiger partial charge in [0.1, 0.15) is 15.9 Å². The molecule has 0 bridgehead atoms. The van der Waals surface area contributed by atoms with Gasteiger partial charge in [0.25, 0.3) is 0 Å². The molecular weight excluding hydrogens is 176 g/mol. The van der Waals surface area contributed by atoms with Gasteiger partial charge in [0.15, 0.2) is 6.79 Å². The molecule has 0 aromatic heterocycles. The lowest BCUT2D eigenvalue weighted by molar-refractivity contribution is -0.150. The van der Waals surface area contributed by atoms with Crippen LogP contribution in [0, 0.1) is 0 Å². The average molecular weight is 183 g/mol. The molecule has 0 spiro atoms. The van der Waals surface area contributed by atoms with E-state index in [0.29, 0.717) is 0 Å². The molecule has 0 saturated heterocycles. The minimum Gasteiger partial charge on any atom is -0.748 e. The fourth-order valence-electron chi connectivity index (χ4n) is 0.311. The van der Waals surface area contributed by atoms with Crippen molar-refractivity contribution in [3.05, 3.63) is 0 Å². The van der Waals surface area contributed by atoms with E-state index in [1.54, 1.807) is 0 Å². The van der Waals surface area contributed by atoms with Crippen molar-refractivity contribution >= 4 is 16.1 Å². The van der Waals surface area contributed by atoms with Crippen LogP contribution in [-0.2, 0) is 24.4 Å². The second-order valence-corrected chi connectivity index (χ2v) is 3.03. The summed E-state index contributed by atoms with van der Waals surface area (Å²) in [5.41, 5.74) is 0. The Morgan fingerprint density at radius 2 is 2.09 bits per heavy atom. The lowest BCUT2D eigenvalue weighted by atomic mass is 10.8. The first kappa shape index (κ1) is 10.3. The molecule has 0 N–H and O–H groups in total. The van der Waals surface area contributed by atoms with Crippen LogP contribution >= 0.6 is 0 Å². The van der Waals surface area contributed by atoms with Gasteiger partial charge in [0.2, 0.25) is 0 Å². The van der Waals surface area contributed by atoms with Crippen LogP contribution in [0.2, 0.25) is 0 Å². The minimum absolute atomic E-state index is 0.353. The summed E-state index contributed by atoms with van der Waals surface area (Å²) in [6.45, 7) is -0.353. The van der Waals surface area contributed by atoms with Crippen LogP contribution in [0.1, 0.15) is 0 Å². The van der Waals surface area contributed by atoms with Gasteiger partial charge in [-0.3, -0.25) is 4.79 Å². The summed E-state index contributed by atoms with van der Waals surface area (Å²) >= 11 is 0. The largest absolute Gasteiger partial charge is 0.748 e. The molecule has 0 radical (unpaired) electrons. The Kier molecular flexibility index (Phi) is 4.01. The Bertz CT molecular complexity index is 217. The first-order valence-corrected chi connectivity index (χ1v) is 4.11. The maximum Gasteiger partial charge on any atom is 0.322 e. The molecule has 6 nitrogen and oxygen atoms in total. The highest BCUT2D eigenvalue weighted by Gasteiger charge is 2.06. The van der Waals surface area contributed by atoms with E-state index in [1.807, 2.05) is 0 Å². The highest BCUT2D eigenvalue weighted by atomic mass is 32.2. The zero-order valence-electron chi connectivity index (χ0n) is 5.77. The van der Waals surface area contributed by atoms with Gasteiger partial charge in [-0.25, -0.2) is 8.42 Å². The molecule has 0 aliphatic rings. The zero-order chi connectivity index (χ0) is 8.91. The van der Waals surface area contributed by atoms with Crippen LogP contribution < -0.4 is 0 Å². The van der Waals surface area contributed by atoms with Crippen molar-refractivity contribution in [2.75, 3.05) is 19.7 Å². The standard InChI is InChI=1S/C4H8O6S/c1-9-3-10-4(5)2-11(6,7)8/h2-3H2,1H3,(H,6,7,8)/p-1. The van der Waals surface area contributed by atoms with Gasteiger partial charge in [0.05, 0.1) is 0 Å². The molecule has 11 heavy (non-hydrogen) atoms. The molecule has 7 heteroatoms. The van der Waals surface area contributed by atoms with E-state index in [1.165, 1.54) is 7.11 Å². The molecular formula is C4H7O6S-. The fraction of sp³-hybridized carbons (Fsp3) is 0.750. The molecule has 0 aliphatic heterocycles. The number of carbonyl (C=O) groups excluding carboxylic acids is 1. The van der Waals surface area contributed by atoms with Crippen molar-refractivity contribution in [1.82, 2.24) is 0 Å². The first-order chi connectivity index (χ1) is 4.95. The summed E-state index contributed by atoms with van der Waals surface area (Å²) in [5.74, 6) is -2.27. The van der Waals surface area contributed by atoms with Crippen molar-refractivity contribution in [2.24, 2.45) is 0 Å². The van der Waals surface area contributed by atoms with Crippen molar-refractivity contribution < 1.29 is 27.2 Å². The third-order valence-corrected chi connectivity index (χ3v) is 1.22. The van der Waals surface area contributed by atoms with Crippen molar-refractivity contribution in [3.8, 4) is 0 Å². The van der Waals surface area contributed by atoms with Crippen LogP contribution in [0.25, 0.3) is 0 Å². The number of hydrogen-bond acceptors (Lipinski definition) is 6. The predicted octanol–water partition coefficient (Wildman–Crippen LogP) is -1.32. The lowest BCUT2D eigenvalue weighted by Gasteiger charge is -2.05. The summed E-state index contributed by atoms with van der Waals surface area (Å²) in [7, 11) is -3.27. The van der Waals surface area contributed by atoms with E-state index >= 15 is 0 Å². The number of esters is 1. The number of ether oxygens (including phenoxy) is 2. The van der Waals surface area contributed by atoms with Gasteiger partial charge < -0.3 is 14.0 Å². The monoisotopic (exact) mass is 183 g/mol. The normalized spacial score (nSPS) is 11.1. The van der Waals surface area contributed by atoms with Crippen LogP contribution in [0.15, 0.2) is 0 Å². The zero-order valence-corrected chi connectivity index (χ0v) is 6.59. The average Bonchev–Trinajstić information content (AvgIpc) is 1.79. The molecule has 0 saturated carbocycles. The number of rotatable bonds is 4. The molecule has 0 aromatic carbocycles. The van der Waals surface area contributed by atoms with E-state index < -0.39 is 21.8 Å². The molecule has 0 fully saturated rings. The second-order valence-electron chi connectivity index (χ2n) is 1.62. The molecule has 0 atom stereocenters. The minimum atomic E-state index is -4.53. The van der Waals surface area contributed by atoms with Gasteiger partial charge in [-0.15, -0.1) is 0 Å². The maximum absolute atomic E-state index is 10.3. The Morgan fingerprint density at radius 3 is 2.45 bits per heavy atom. The van der Waals surface area contributed by atoms with Gasteiger partial charge in [-0.2, -0.15) is 0 Å². The maximum atomic E-state index is 10.3. The molecule has 66 valence electrons. The number of carbonyl (C=O) groups is 1. The number of hydrogen-bond donors (Lipinski definition) is 0. The van der Waals surface area contributed by atoms with Gasteiger partial charge in [-0.05, 0) is 0 Å². The lowest BCUT2D eigenvalue weighted by Crippen LogP contribution is -2.18. The summed E-state index contributed by atoms with van der Waals surface area (Å²) in [6, 6.07) is 0. The Hall–Kier alpha value is -0.660. The van der Waals surface area contributed by atoms with Gasteiger partial charge in [0, 0.05) is 7.11 Å². The van der Waals surface area contributed by atoms with E-state index in [-0.39, 0.29) is 6.79 Å². The van der Waals surface area contributed by atoms with Crippen LogP contribution in [0.5, 0.6) is 0 Å². The molecule has 0 amide bonds. The van der Waals surface area contributed by atoms with Crippen LogP contribution in [0.4, 0.5) is 0 Å². The third-order valence-electron chi connectivity index (χ3n) is 0.632. The Labute approximate surface area is 63.9 Å². The van der Waals surface area contributed by atoms with Crippen LogP contribution in [-0.4, -0.2) is 38.6 Å². The third kappa shape index (κ3) is 7.23. The molecule has 0 unspecified atom stereocenters. The Morgan fingerprint density at radius 1 is 1.55 bits per heavy atom.